The fourth-order valence-electron chi connectivity index (χ4n) is 3.29. The van der Waals surface area contributed by atoms with E-state index < -0.39 is 0 Å². The smallest absolute Gasteiger partial charge is 0.268 e. The van der Waals surface area contributed by atoms with Gasteiger partial charge in [0.1, 0.15) is 5.69 Å². The van der Waals surface area contributed by atoms with Gasteiger partial charge in [0.2, 0.25) is 0 Å². The van der Waals surface area contributed by atoms with E-state index in [0.717, 1.165) is 40.9 Å². The summed E-state index contributed by atoms with van der Waals surface area (Å²) in [6.45, 7) is 3.59. The van der Waals surface area contributed by atoms with Gasteiger partial charge in [0, 0.05) is 42.8 Å². The van der Waals surface area contributed by atoms with Gasteiger partial charge in [-0.25, -0.2) is 0 Å². The summed E-state index contributed by atoms with van der Waals surface area (Å²) in [6.07, 6.45) is 15.1. The van der Waals surface area contributed by atoms with Gasteiger partial charge in [-0.3, -0.25) is 9.78 Å². The monoisotopic (exact) mass is 317 g/mol. The van der Waals surface area contributed by atoms with Crippen LogP contribution in [-0.2, 0) is 6.54 Å². The normalized spacial score (nSPS) is 16.8. The van der Waals surface area contributed by atoms with Crippen LogP contribution in [0, 0.1) is 0 Å². The number of hydrogen-bond donors (Lipinski definition) is 1. The Morgan fingerprint density at radius 3 is 2.88 bits per heavy atom. The number of nitrogens with zero attached hydrogens (tertiary/aromatic N) is 2. The lowest BCUT2D eigenvalue weighted by atomic mass is 9.96. The third kappa shape index (κ3) is 2.50. The van der Waals surface area contributed by atoms with Crippen molar-refractivity contribution in [3.63, 3.8) is 0 Å². The van der Waals surface area contributed by atoms with E-state index in [1.165, 1.54) is 5.57 Å². The zero-order valence-electron chi connectivity index (χ0n) is 13.6. The highest BCUT2D eigenvalue weighted by atomic mass is 16.2. The summed E-state index contributed by atoms with van der Waals surface area (Å²) in [4.78, 5) is 16.6. The Kier molecular flexibility index (Phi) is 3.65. The number of pyridine rings is 1. The molecule has 2 aromatic rings. The topological polar surface area (TPSA) is 46.9 Å². The lowest BCUT2D eigenvalue weighted by Crippen LogP contribution is -2.35. The molecule has 0 unspecified atom stereocenters. The molecule has 2 aliphatic rings. The van der Waals surface area contributed by atoms with Crippen LogP contribution in [0.2, 0.25) is 0 Å². The minimum Gasteiger partial charge on any atom is -0.349 e. The first-order chi connectivity index (χ1) is 11.7. The molecule has 4 rings (SSSR count). The summed E-state index contributed by atoms with van der Waals surface area (Å²) in [5.41, 5.74) is 6.29. The van der Waals surface area contributed by atoms with E-state index in [2.05, 4.69) is 52.3 Å². The first-order valence-corrected chi connectivity index (χ1v) is 8.20. The van der Waals surface area contributed by atoms with Crippen LogP contribution in [-0.4, -0.2) is 22.0 Å². The molecule has 0 bridgehead atoms. The number of hydrogen-bond acceptors (Lipinski definition) is 2. The summed E-state index contributed by atoms with van der Waals surface area (Å²) in [7, 11) is 0. The van der Waals surface area contributed by atoms with E-state index in [-0.39, 0.29) is 5.91 Å². The average Bonchev–Trinajstić information content (AvgIpc) is 2.87. The number of carbonyl (C=O) groups is 1. The van der Waals surface area contributed by atoms with Crippen molar-refractivity contribution in [1.82, 2.24) is 14.9 Å². The summed E-state index contributed by atoms with van der Waals surface area (Å²) >= 11 is 0. The van der Waals surface area contributed by atoms with Gasteiger partial charge in [-0.05, 0) is 36.6 Å². The standard InChI is InChI=1S/C20H19N3O/c1-14-3-2-4-16(6-5-14)18-17(15-7-9-21-10-8-15)13-23-12-11-22-20(24)19(18)23/h2,4-10,13H,3,11-12H2,1H3,(H,22,24). The molecule has 4 nitrogen and oxygen atoms in total. The largest absolute Gasteiger partial charge is 0.349 e. The lowest BCUT2D eigenvalue weighted by Gasteiger charge is -2.17. The molecule has 0 fully saturated rings. The van der Waals surface area contributed by atoms with Crippen LogP contribution in [0.4, 0.5) is 0 Å². The van der Waals surface area contributed by atoms with Crippen LogP contribution in [0.3, 0.4) is 0 Å². The molecule has 0 atom stereocenters. The summed E-state index contributed by atoms with van der Waals surface area (Å²) in [5.74, 6) is -0.00388. The Bertz CT molecular complexity index is 885. The predicted octanol–water partition coefficient (Wildman–Crippen LogP) is 3.58. The van der Waals surface area contributed by atoms with Crippen LogP contribution in [0.25, 0.3) is 16.7 Å². The molecule has 1 amide bonds. The molecule has 120 valence electrons. The third-order valence-corrected chi connectivity index (χ3v) is 4.50. The molecule has 0 radical (unpaired) electrons. The highest BCUT2D eigenvalue weighted by molar-refractivity contribution is 6.03. The van der Waals surface area contributed by atoms with Crippen molar-refractivity contribution < 1.29 is 4.79 Å². The van der Waals surface area contributed by atoms with Crippen molar-refractivity contribution in [3.05, 3.63) is 71.9 Å². The number of carbonyl (C=O) groups excluding carboxylic acids is 1. The quantitative estimate of drug-likeness (QED) is 0.920. The first-order valence-electron chi connectivity index (χ1n) is 8.20. The van der Waals surface area contributed by atoms with Gasteiger partial charge < -0.3 is 9.88 Å². The summed E-state index contributed by atoms with van der Waals surface area (Å²) < 4.78 is 2.07. The molecule has 0 spiro atoms. The fraction of sp³-hybridized carbons (Fsp3) is 0.200. The third-order valence-electron chi connectivity index (χ3n) is 4.50. The second kappa shape index (κ2) is 5.96. The van der Waals surface area contributed by atoms with Gasteiger partial charge in [-0.15, -0.1) is 0 Å². The Morgan fingerprint density at radius 1 is 1.21 bits per heavy atom. The number of allylic oxidation sites excluding steroid dienone is 6. The van der Waals surface area contributed by atoms with Crippen molar-refractivity contribution in [3.8, 4) is 11.1 Å². The molecule has 1 aliphatic carbocycles. The molecule has 1 aliphatic heterocycles. The van der Waals surface area contributed by atoms with Gasteiger partial charge in [-0.1, -0.05) is 29.9 Å². The van der Waals surface area contributed by atoms with Gasteiger partial charge in [0.25, 0.3) is 5.91 Å². The molecule has 0 aromatic carbocycles. The van der Waals surface area contributed by atoms with E-state index in [4.69, 9.17) is 0 Å². The number of fused-ring (bicyclic) bond motifs is 1. The Labute approximate surface area is 141 Å². The Hall–Kier alpha value is -2.88. The van der Waals surface area contributed by atoms with E-state index in [1.54, 1.807) is 12.4 Å². The zero-order chi connectivity index (χ0) is 16.5. The van der Waals surface area contributed by atoms with Crippen LogP contribution in [0.15, 0.2) is 60.6 Å². The Morgan fingerprint density at radius 2 is 2.04 bits per heavy atom. The highest BCUT2D eigenvalue weighted by Gasteiger charge is 2.26. The van der Waals surface area contributed by atoms with Gasteiger partial charge in [0.05, 0.1) is 0 Å². The van der Waals surface area contributed by atoms with Crippen molar-refractivity contribution in [2.45, 2.75) is 19.9 Å². The van der Waals surface area contributed by atoms with Gasteiger partial charge >= 0.3 is 0 Å². The van der Waals surface area contributed by atoms with Crippen LogP contribution < -0.4 is 5.32 Å². The summed E-state index contributed by atoms with van der Waals surface area (Å²) in [5, 5.41) is 2.97. The molecule has 1 N–H and O–H groups in total. The SMILES string of the molecule is CC1=CC=C(c2c(-c3ccncc3)cn3c2C(=O)NCC3)C=CC1. The van der Waals surface area contributed by atoms with Crippen molar-refractivity contribution in [2.24, 2.45) is 0 Å². The molecule has 2 aromatic heterocycles. The lowest BCUT2D eigenvalue weighted by molar-refractivity contribution is 0.0928. The molecule has 4 heteroatoms. The van der Waals surface area contributed by atoms with E-state index in [9.17, 15) is 4.79 Å². The average molecular weight is 317 g/mol. The number of nitrogens with one attached hydrogen (secondary N) is 1. The summed E-state index contributed by atoms with van der Waals surface area (Å²) in [6, 6.07) is 3.98. The zero-order valence-corrected chi connectivity index (χ0v) is 13.6. The molecule has 24 heavy (non-hydrogen) atoms. The number of amides is 1. The number of aromatic nitrogens is 2. The van der Waals surface area contributed by atoms with Crippen LogP contribution in [0.1, 0.15) is 29.4 Å². The van der Waals surface area contributed by atoms with Gasteiger partial charge in [0.15, 0.2) is 0 Å². The van der Waals surface area contributed by atoms with Crippen molar-refractivity contribution in [1.29, 1.82) is 0 Å². The van der Waals surface area contributed by atoms with Crippen molar-refractivity contribution >= 4 is 11.5 Å². The minimum atomic E-state index is -0.00388. The molecular weight excluding hydrogens is 298 g/mol. The van der Waals surface area contributed by atoms with Gasteiger partial charge in [-0.2, -0.15) is 0 Å². The van der Waals surface area contributed by atoms with E-state index in [1.807, 2.05) is 12.1 Å². The van der Waals surface area contributed by atoms with Crippen LogP contribution >= 0.6 is 0 Å². The maximum Gasteiger partial charge on any atom is 0.268 e. The van der Waals surface area contributed by atoms with Crippen LogP contribution in [0.5, 0.6) is 0 Å². The van der Waals surface area contributed by atoms with Crippen molar-refractivity contribution in [2.75, 3.05) is 6.54 Å². The maximum atomic E-state index is 12.5. The maximum absolute atomic E-state index is 12.5. The molecule has 0 saturated carbocycles. The Balaban J connectivity index is 1.97. The highest BCUT2D eigenvalue weighted by Crippen LogP contribution is 2.36. The molecular formula is C20H19N3O. The van der Waals surface area contributed by atoms with E-state index in [0.29, 0.717) is 6.54 Å². The predicted molar refractivity (Wildman–Crippen MR) is 95.5 cm³/mol. The molecule has 0 saturated heterocycles. The number of rotatable bonds is 2. The second-order valence-electron chi connectivity index (χ2n) is 6.19. The molecule has 3 heterocycles. The first kappa shape index (κ1) is 14.7. The second-order valence-corrected chi connectivity index (χ2v) is 6.19. The minimum absolute atomic E-state index is 0.00388. The van der Waals surface area contributed by atoms with E-state index >= 15 is 0 Å². The fourth-order valence-corrected chi connectivity index (χ4v) is 3.29.